The van der Waals surface area contributed by atoms with E-state index in [9.17, 15) is 0 Å². The first-order chi connectivity index (χ1) is 6.34. The second-order valence-corrected chi connectivity index (χ2v) is 2.71. The van der Waals surface area contributed by atoms with E-state index in [1.54, 1.807) is 18.3 Å². The highest BCUT2D eigenvalue weighted by molar-refractivity contribution is 6.29. The van der Waals surface area contributed by atoms with Crippen molar-refractivity contribution in [2.75, 3.05) is 5.32 Å². The number of pyridine rings is 1. The molecule has 13 heavy (non-hydrogen) atoms. The van der Waals surface area contributed by atoms with Crippen molar-refractivity contribution in [2.45, 2.75) is 0 Å². The van der Waals surface area contributed by atoms with E-state index in [0.717, 1.165) is 5.69 Å². The molecule has 2 aromatic heterocycles. The van der Waals surface area contributed by atoms with Gasteiger partial charge in [0.05, 0.1) is 0 Å². The maximum Gasteiger partial charge on any atom is 0.222 e. The molecule has 0 aliphatic rings. The quantitative estimate of drug-likeness (QED) is 0.715. The van der Waals surface area contributed by atoms with Crippen molar-refractivity contribution in [1.82, 2.24) is 20.2 Å². The lowest BCUT2D eigenvalue weighted by atomic mass is 10.4. The van der Waals surface area contributed by atoms with Crippen molar-refractivity contribution in [3.63, 3.8) is 0 Å². The Hall–Kier alpha value is -1.62. The number of H-pyrrole nitrogens is 1. The lowest BCUT2D eigenvalue weighted by Crippen LogP contribution is -1.92. The lowest BCUT2D eigenvalue weighted by molar-refractivity contribution is 1.09. The molecule has 0 aromatic carbocycles. The molecule has 0 aliphatic heterocycles. The van der Waals surface area contributed by atoms with Crippen LogP contribution in [0.1, 0.15) is 0 Å². The molecule has 0 unspecified atom stereocenters. The molecule has 5 nitrogen and oxygen atoms in total. The Labute approximate surface area is 79.2 Å². The van der Waals surface area contributed by atoms with Crippen LogP contribution in [0.3, 0.4) is 0 Å². The Morgan fingerprint density at radius 1 is 1.38 bits per heavy atom. The van der Waals surface area contributed by atoms with E-state index in [1.165, 1.54) is 6.33 Å². The van der Waals surface area contributed by atoms with Crippen molar-refractivity contribution in [3.8, 4) is 0 Å². The third kappa shape index (κ3) is 1.94. The lowest BCUT2D eigenvalue weighted by Gasteiger charge is -2.00. The summed E-state index contributed by atoms with van der Waals surface area (Å²) in [7, 11) is 0. The number of aromatic nitrogens is 4. The molecule has 66 valence electrons. The van der Waals surface area contributed by atoms with Crippen molar-refractivity contribution in [1.29, 1.82) is 0 Å². The van der Waals surface area contributed by atoms with Gasteiger partial charge in [-0.3, -0.25) is 0 Å². The van der Waals surface area contributed by atoms with Crippen molar-refractivity contribution in [2.24, 2.45) is 0 Å². The van der Waals surface area contributed by atoms with Gasteiger partial charge in [0.2, 0.25) is 5.95 Å². The fourth-order valence-corrected chi connectivity index (χ4v) is 1.06. The number of halogens is 1. The van der Waals surface area contributed by atoms with Gasteiger partial charge >= 0.3 is 0 Å². The molecule has 2 rings (SSSR count). The van der Waals surface area contributed by atoms with Gasteiger partial charge in [-0.15, -0.1) is 0 Å². The first-order valence-electron chi connectivity index (χ1n) is 3.58. The normalized spacial score (nSPS) is 9.92. The van der Waals surface area contributed by atoms with E-state index in [1.807, 2.05) is 0 Å². The Morgan fingerprint density at radius 3 is 3.00 bits per heavy atom. The molecule has 0 amide bonds. The minimum atomic E-state index is 0.435. The van der Waals surface area contributed by atoms with Gasteiger partial charge < -0.3 is 5.32 Å². The van der Waals surface area contributed by atoms with Crippen molar-refractivity contribution in [3.05, 3.63) is 29.8 Å². The molecular formula is C7H6ClN5. The fraction of sp³-hybridized carbons (Fsp3) is 0. The number of hydrogen-bond acceptors (Lipinski definition) is 4. The summed E-state index contributed by atoms with van der Waals surface area (Å²) in [6.07, 6.45) is 3.03. The Balaban J connectivity index is 2.19. The van der Waals surface area contributed by atoms with Crippen LogP contribution in [0, 0.1) is 0 Å². The monoisotopic (exact) mass is 195 g/mol. The van der Waals surface area contributed by atoms with Gasteiger partial charge in [0.1, 0.15) is 11.5 Å². The molecule has 0 aliphatic carbocycles. The van der Waals surface area contributed by atoms with Crippen LogP contribution in [-0.4, -0.2) is 20.2 Å². The van der Waals surface area contributed by atoms with Crippen LogP contribution in [0.15, 0.2) is 24.7 Å². The predicted octanol–water partition coefficient (Wildman–Crippen LogP) is 1.60. The number of nitrogens with one attached hydrogen (secondary N) is 2. The van der Waals surface area contributed by atoms with Gasteiger partial charge in [-0.05, 0) is 12.1 Å². The number of nitrogens with zero attached hydrogens (tertiary/aromatic N) is 3. The van der Waals surface area contributed by atoms with Crippen LogP contribution in [0.25, 0.3) is 0 Å². The largest absolute Gasteiger partial charge is 0.324 e. The summed E-state index contributed by atoms with van der Waals surface area (Å²) in [6, 6.07) is 3.48. The second-order valence-electron chi connectivity index (χ2n) is 2.33. The standard InChI is InChI=1S/C7H6ClN5/c8-6-3-5(1-2-9-6)12-7-10-4-11-13-7/h1-4H,(H2,9,10,11,12,13). The second kappa shape index (κ2) is 3.40. The molecular weight excluding hydrogens is 190 g/mol. The van der Waals surface area contributed by atoms with Crippen LogP contribution < -0.4 is 5.32 Å². The smallest absolute Gasteiger partial charge is 0.222 e. The number of anilines is 2. The minimum absolute atomic E-state index is 0.435. The zero-order chi connectivity index (χ0) is 9.10. The van der Waals surface area contributed by atoms with Crippen LogP contribution in [0.4, 0.5) is 11.6 Å². The van der Waals surface area contributed by atoms with Gasteiger partial charge in [0, 0.05) is 11.9 Å². The molecule has 0 saturated heterocycles. The van der Waals surface area contributed by atoms with Crippen molar-refractivity contribution < 1.29 is 0 Å². The molecule has 0 bridgehead atoms. The number of aromatic amines is 1. The SMILES string of the molecule is Clc1cc(Nc2ncn[nH]2)ccn1. The summed E-state index contributed by atoms with van der Waals surface area (Å²) in [5, 5.41) is 9.77. The zero-order valence-electron chi connectivity index (χ0n) is 6.53. The van der Waals surface area contributed by atoms with E-state index >= 15 is 0 Å². The minimum Gasteiger partial charge on any atom is -0.324 e. The molecule has 2 N–H and O–H groups in total. The van der Waals surface area contributed by atoms with E-state index in [-0.39, 0.29) is 0 Å². The van der Waals surface area contributed by atoms with Gasteiger partial charge in [-0.2, -0.15) is 10.1 Å². The van der Waals surface area contributed by atoms with E-state index in [4.69, 9.17) is 11.6 Å². The Morgan fingerprint density at radius 2 is 2.31 bits per heavy atom. The molecule has 2 heterocycles. The van der Waals surface area contributed by atoms with Gasteiger partial charge in [0.25, 0.3) is 0 Å². The first kappa shape index (κ1) is 8.00. The third-order valence-electron chi connectivity index (χ3n) is 1.40. The molecule has 0 fully saturated rings. The molecule has 0 saturated carbocycles. The first-order valence-corrected chi connectivity index (χ1v) is 3.96. The van der Waals surface area contributed by atoms with Crippen LogP contribution in [0.5, 0.6) is 0 Å². The van der Waals surface area contributed by atoms with Crippen LogP contribution >= 0.6 is 11.6 Å². The molecule has 0 radical (unpaired) electrons. The van der Waals surface area contributed by atoms with Gasteiger partial charge in [-0.25, -0.2) is 10.1 Å². The van der Waals surface area contributed by atoms with E-state index < -0.39 is 0 Å². The highest BCUT2D eigenvalue weighted by Gasteiger charge is 1.96. The Kier molecular flexibility index (Phi) is 2.09. The summed E-state index contributed by atoms with van der Waals surface area (Å²) in [6.45, 7) is 0. The number of rotatable bonds is 2. The van der Waals surface area contributed by atoms with E-state index in [2.05, 4.69) is 25.5 Å². The highest BCUT2D eigenvalue weighted by Crippen LogP contribution is 2.14. The highest BCUT2D eigenvalue weighted by atomic mass is 35.5. The summed E-state index contributed by atoms with van der Waals surface area (Å²) in [5.41, 5.74) is 0.816. The summed E-state index contributed by atoms with van der Waals surface area (Å²) in [4.78, 5) is 7.75. The van der Waals surface area contributed by atoms with Crippen LogP contribution in [-0.2, 0) is 0 Å². The maximum absolute atomic E-state index is 5.69. The van der Waals surface area contributed by atoms with Gasteiger partial charge in [-0.1, -0.05) is 11.6 Å². The maximum atomic E-state index is 5.69. The summed E-state index contributed by atoms with van der Waals surface area (Å²) < 4.78 is 0. The predicted molar refractivity (Wildman–Crippen MR) is 48.9 cm³/mol. The number of hydrogen-bond donors (Lipinski definition) is 2. The van der Waals surface area contributed by atoms with Gasteiger partial charge in [0.15, 0.2) is 0 Å². The Bertz CT molecular complexity index is 386. The summed E-state index contributed by atoms with van der Waals surface area (Å²) >= 11 is 5.69. The third-order valence-corrected chi connectivity index (χ3v) is 1.61. The average Bonchev–Trinajstić information content (AvgIpc) is 2.57. The van der Waals surface area contributed by atoms with Crippen LogP contribution in [0.2, 0.25) is 5.15 Å². The molecule has 6 heteroatoms. The van der Waals surface area contributed by atoms with E-state index in [0.29, 0.717) is 11.1 Å². The average molecular weight is 196 g/mol. The molecule has 0 spiro atoms. The molecule has 0 atom stereocenters. The summed E-state index contributed by atoms with van der Waals surface area (Å²) in [5.74, 6) is 0.572. The topological polar surface area (TPSA) is 66.5 Å². The fourth-order valence-electron chi connectivity index (χ4n) is 0.883. The molecule has 2 aromatic rings. The van der Waals surface area contributed by atoms with Crippen molar-refractivity contribution >= 4 is 23.2 Å². The zero-order valence-corrected chi connectivity index (χ0v) is 7.28.